The van der Waals surface area contributed by atoms with Crippen molar-refractivity contribution in [3.8, 4) is 0 Å². The molecular formula is C14H21NO5. The fraction of sp³-hybridized carbons (Fsp3) is 0.643. The van der Waals surface area contributed by atoms with Gasteiger partial charge in [0.2, 0.25) is 0 Å². The minimum Gasteiger partial charge on any atom is -0.460 e. The minimum atomic E-state index is -0.364. The van der Waals surface area contributed by atoms with Crippen molar-refractivity contribution in [1.82, 2.24) is 5.06 Å². The molecule has 0 radical (unpaired) electrons. The number of hydrogen-bond acceptors (Lipinski definition) is 6. The van der Waals surface area contributed by atoms with Crippen LogP contribution in [-0.4, -0.2) is 60.8 Å². The van der Waals surface area contributed by atoms with Crippen molar-refractivity contribution in [2.45, 2.75) is 31.0 Å². The zero-order valence-electron chi connectivity index (χ0n) is 11.4. The summed E-state index contributed by atoms with van der Waals surface area (Å²) in [7, 11) is 0. The van der Waals surface area contributed by atoms with Crippen molar-refractivity contribution in [2.75, 3.05) is 26.4 Å². The number of hydroxylamine groups is 2. The lowest BCUT2D eigenvalue weighted by Gasteiger charge is -2.01. The molecule has 6 nitrogen and oxygen atoms in total. The van der Waals surface area contributed by atoms with Gasteiger partial charge < -0.3 is 14.6 Å². The number of aliphatic hydroxyl groups is 1. The summed E-state index contributed by atoms with van der Waals surface area (Å²) in [4.78, 5) is 16.9. The van der Waals surface area contributed by atoms with E-state index >= 15 is 0 Å². The highest BCUT2D eigenvalue weighted by Gasteiger charge is 2.46. The molecule has 0 aromatic carbocycles. The average molecular weight is 283 g/mol. The van der Waals surface area contributed by atoms with E-state index in [0.717, 1.165) is 6.42 Å². The number of aliphatic hydroxyl groups excluding tert-OH is 1. The van der Waals surface area contributed by atoms with Crippen LogP contribution in [-0.2, 0) is 19.1 Å². The van der Waals surface area contributed by atoms with E-state index in [0.29, 0.717) is 26.2 Å². The number of epoxide rings is 1. The second-order valence-corrected chi connectivity index (χ2v) is 4.81. The van der Waals surface area contributed by atoms with Gasteiger partial charge in [0.1, 0.15) is 12.7 Å². The van der Waals surface area contributed by atoms with Crippen LogP contribution in [0, 0.1) is 0 Å². The van der Waals surface area contributed by atoms with Crippen molar-refractivity contribution < 1.29 is 24.2 Å². The molecule has 0 spiro atoms. The van der Waals surface area contributed by atoms with Crippen LogP contribution in [0.25, 0.3) is 0 Å². The molecule has 6 heteroatoms. The number of carbonyl (C=O) groups is 1. The van der Waals surface area contributed by atoms with Gasteiger partial charge in [-0.1, -0.05) is 12.2 Å². The summed E-state index contributed by atoms with van der Waals surface area (Å²) in [6, 6.07) is 0.268. The van der Waals surface area contributed by atoms with Crippen molar-refractivity contribution in [1.29, 1.82) is 0 Å². The van der Waals surface area contributed by atoms with Crippen molar-refractivity contribution >= 4 is 5.97 Å². The van der Waals surface area contributed by atoms with E-state index in [4.69, 9.17) is 19.4 Å². The fourth-order valence-electron chi connectivity index (χ4n) is 1.97. The molecule has 2 heterocycles. The van der Waals surface area contributed by atoms with Crippen molar-refractivity contribution in [3.05, 3.63) is 24.8 Å². The Labute approximate surface area is 118 Å². The predicted octanol–water partition coefficient (Wildman–Crippen LogP) is 0.427. The van der Waals surface area contributed by atoms with Gasteiger partial charge >= 0.3 is 5.97 Å². The number of esters is 1. The van der Waals surface area contributed by atoms with E-state index in [-0.39, 0.29) is 30.8 Å². The van der Waals surface area contributed by atoms with Crippen LogP contribution in [0.3, 0.4) is 0 Å². The molecule has 1 N–H and O–H groups in total. The van der Waals surface area contributed by atoms with Gasteiger partial charge in [-0.15, -0.1) is 6.58 Å². The molecule has 4 atom stereocenters. The highest BCUT2D eigenvalue weighted by atomic mass is 16.7. The Morgan fingerprint density at radius 2 is 2.35 bits per heavy atom. The molecule has 0 aliphatic carbocycles. The first-order valence-electron chi connectivity index (χ1n) is 6.86. The van der Waals surface area contributed by atoms with Gasteiger partial charge in [0, 0.05) is 12.7 Å². The third-order valence-electron chi connectivity index (χ3n) is 3.17. The molecular weight excluding hydrogens is 262 g/mol. The molecule has 2 saturated heterocycles. The van der Waals surface area contributed by atoms with Crippen LogP contribution >= 0.6 is 0 Å². The maximum absolute atomic E-state index is 11.5. The molecule has 20 heavy (non-hydrogen) atoms. The standard InChI is InChI=1S/C14H21NO5/c1-2-8-20-15-12(4-3-7-16)13(15)5-6-14(17)19-10-11-9-18-11/h2,5-6,11-13,16H,1,3-4,7-10H2. The van der Waals surface area contributed by atoms with Crippen LogP contribution in [0.4, 0.5) is 0 Å². The molecule has 2 aliphatic heterocycles. The SMILES string of the molecule is C=CCON1C(C=CC(=O)OCC2CO2)C1CCCO. The molecule has 0 bridgehead atoms. The molecule has 0 amide bonds. The number of nitrogens with zero attached hydrogens (tertiary/aromatic N) is 1. The molecule has 0 aromatic heterocycles. The first-order valence-corrected chi connectivity index (χ1v) is 6.86. The second-order valence-electron chi connectivity index (χ2n) is 4.81. The fourth-order valence-corrected chi connectivity index (χ4v) is 1.97. The summed E-state index contributed by atoms with van der Waals surface area (Å²) < 4.78 is 9.97. The van der Waals surface area contributed by atoms with Crippen molar-refractivity contribution in [2.24, 2.45) is 0 Å². The summed E-state index contributed by atoms with van der Waals surface area (Å²) in [6.45, 7) is 5.18. The minimum absolute atomic E-state index is 0.0613. The molecule has 2 fully saturated rings. The quantitative estimate of drug-likeness (QED) is 0.271. The van der Waals surface area contributed by atoms with Gasteiger partial charge in [0.15, 0.2) is 0 Å². The molecule has 2 rings (SSSR count). The summed E-state index contributed by atoms with van der Waals surface area (Å²) in [5.41, 5.74) is 0. The van der Waals surface area contributed by atoms with E-state index in [1.165, 1.54) is 6.08 Å². The largest absolute Gasteiger partial charge is 0.460 e. The van der Waals surface area contributed by atoms with E-state index in [2.05, 4.69) is 6.58 Å². The van der Waals surface area contributed by atoms with E-state index in [1.54, 1.807) is 12.2 Å². The van der Waals surface area contributed by atoms with Crippen LogP contribution in [0.2, 0.25) is 0 Å². The van der Waals surface area contributed by atoms with Gasteiger partial charge in [-0.2, -0.15) is 5.06 Å². The summed E-state index contributed by atoms with van der Waals surface area (Å²) in [5.74, 6) is -0.364. The summed E-state index contributed by atoms with van der Waals surface area (Å²) in [6.07, 6.45) is 6.50. The first kappa shape index (κ1) is 15.2. The lowest BCUT2D eigenvalue weighted by molar-refractivity contribution is -0.138. The number of hydrogen-bond donors (Lipinski definition) is 1. The molecule has 4 unspecified atom stereocenters. The monoisotopic (exact) mass is 283 g/mol. The Hall–Kier alpha value is -1.21. The molecule has 0 saturated carbocycles. The predicted molar refractivity (Wildman–Crippen MR) is 71.7 cm³/mol. The Morgan fingerprint density at radius 3 is 3.00 bits per heavy atom. The maximum atomic E-state index is 11.5. The number of ether oxygens (including phenoxy) is 2. The Morgan fingerprint density at radius 1 is 1.55 bits per heavy atom. The Kier molecular flexibility index (Phi) is 5.72. The molecule has 0 aromatic rings. The molecule has 2 aliphatic rings. The van der Waals surface area contributed by atoms with Gasteiger partial charge in [-0.05, 0) is 12.8 Å². The first-order chi connectivity index (χ1) is 9.76. The third kappa shape index (κ3) is 4.72. The van der Waals surface area contributed by atoms with Crippen molar-refractivity contribution in [3.63, 3.8) is 0 Å². The lowest BCUT2D eigenvalue weighted by atomic mass is 10.2. The highest BCUT2D eigenvalue weighted by Crippen LogP contribution is 2.33. The normalized spacial score (nSPS) is 31.2. The van der Waals surface area contributed by atoms with Crippen LogP contribution in [0.5, 0.6) is 0 Å². The summed E-state index contributed by atoms with van der Waals surface area (Å²) >= 11 is 0. The smallest absolute Gasteiger partial charge is 0.330 e. The Bertz CT molecular complexity index is 367. The van der Waals surface area contributed by atoms with E-state index in [9.17, 15) is 4.79 Å². The Balaban J connectivity index is 1.72. The van der Waals surface area contributed by atoms with Gasteiger partial charge in [0.25, 0.3) is 0 Å². The zero-order valence-corrected chi connectivity index (χ0v) is 11.4. The lowest BCUT2D eigenvalue weighted by Crippen LogP contribution is -2.07. The van der Waals surface area contributed by atoms with Crippen LogP contribution in [0.15, 0.2) is 24.8 Å². The third-order valence-corrected chi connectivity index (χ3v) is 3.17. The maximum Gasteiger partial charge on any atom is 0.330 e. The summed E-state index contributed by atoms with van der Waals surface area (Å²) in [5, 5.41) is 10.7. The number of rotatable bonds is 10. The number of carbonyl (C=O) groups excluding carboxylic acids is 1. The van der Waals surface area contributed by atoms with Crippen LogP contribution < -0.4 is 0 Å². The average Bonchev–Trinajstić information content (AvgIpc) is 3.34. The van der Waals surface area contributed by atoms with E-state index < -0.39 is 0 Å². The van der Waals surface area contributed by atoms with Crippen LogP contribution in [0.1, 0.15) is 12.8 Å². The highest BCUT2D eigenvalue weighted by molar-refractivity contribution is 5.82. The van der Waals surface area contributed by atoms with Gasteiger partial charge in [0.05, 0.1) is 25.3 Å². The van der Waals surface area contributed by atoms with Gasteiger partial charge in [-0.25, -0.2) is 4.79 Å². The second kappa shape index (κ2) is 7.54. The van der Waals surface area contributed by atoms with Gasteiger partial charge in [-0.3, -0.25) is 4.84 Å². The molecule has 112 valence electrons. The van der Waals surface area contributed by atoms with E-state index in [1.807, 2.05) is 5.06 Å². The zero-order chi connectivity index (χ0) is 14.4. The topological polar surface area (TPSA) is 71.3 Å².